The highest BCUT2D eigenvalue weighted by Gasteiger charge is 2.16. The Balaban J connectivity index is 1.30. The van der Waals surface area contributed by atoms with Crippen LogP contribution in [0.15, 0.2) is 52.1 Å². The summed E-state index contributed by atoms with van der Waals surface area (Å²) < 4.78 is 16.5. The number of thioether (sulfide) groups is 1. The van der Waals surface area contributed by atoms with Crippen molar-refractivity contribution in [2.45, 2.75) is 18.3 Å². The molecule has 6 nitrogen and oxygen atoms in total. The van der Waals surface area contributed by atoms with Crippen LogP contribution < -0.4 is 9.47 Å². The SMILES string of the molecule is O=C(CSc1nnc(COc2ccc(Cl)cc2)o1)c1ccc2c(c1)CCO2. The quantitative estimate of drug-likeness (QED) is 0.432. The summed E-state index contributed by atoms with van der Waals surface area (Å²) in [6.07, 6.45) is 0.838. The van der Waals surface area contributed by atoms with Gasteiger partial charge in [-0.25, -0.2) is 0 Å². The molecule has 0 unspecified atom stereocenters. The summed E-state index contributed by atoms with van der Waals surface area (Å²) in [5, 5.41) is 8.84. The van der Waals surface area contributed by atoms with Crippen molar-refractivity contribution in [3.63, 3.8) is 0 Å². The minimum atomic E-state index is 0.00636. The zero-order valence-electron chi connectivity index (χ0n) is 14.2. The number of carbonyl (C=O) groups excluding carboxylic acids is 1. The number of nitrogens with zero attached hydrogens (tertiary/aromatic N) is 2. The van der Waals surface area contributed by atoms with Gasteiger partial charge in [0.1, 0.15) is 11.5 Å². The van der Waals surface area contributed by atoms with Gasteiger partial charge in [0.15, 0.2) is 12.4 Å². The number of benzene rings is 2. The Morgan fingerprint density at radius 3 is 2.89 bits per heavy atom. The van der Waals surface area contributed by atoms with Gasteiger partial charge in [0, 0.05) is 17.0 Å². The van der Waals surface area contributed by atoms with Crippen LogP contribution in [0.3, 0.4) is 0 Å². The van der Waals surface area contributed by atoms with Crippen molar-refractivity contribution in [3.8, 4) is 11.5 Å². The second-order valence-corrected chi connectivity index (χ2v) is 7.20. The first-order valence-corrected chi connectivity index (χ1v) is 9.66. The first kappa shape index (κ1) is 17.9. The number of aromatic nitrogens is 2. The van der Waals surface area contributed by atoms with Gasteiger partial charge >= 0.3 is 0 Å². The summed E-state index contributed by atoms with van der Waals surface area (Å²) in [7, 11) is 0. The fraction of sp³-hybridized carbons (Fsp3) is 0.211. The first-order valence-electron chi connectivity index (χ1n) is 8.30. The molecule has 2 heterocycles. The summed E-state index contributed by atoms with van der Waals surface area (Å²) in [6, 6.07) is 12.5. The number of ketones is 1. The highest BCUT2D eigenvalue weighted by atomic mass is 35.5. The van der Waals surface area contributed by atoms with Crippen LogP contribution in [0.4, 0.5) is 0 Å². The van der Waals surface area contributed by atoms with E-state index in [0.29, 0.717) is 34.1 Å². The van der Waals surface area contributed by atoms with E-state index < -0.39 is 0 Å². The topological polar surface area (TPSA) is 74.5 Å². The molecule has 0 spiro atoms. The lowest BCUT2D eigenvalue weighted by Crippen LogP contribution is -2.02. The Bertz CT molecular complexity index is 959. The maximum atomic E-state index is 12.4. The molecule has 0 fully saturated rings. The number of Topliss-reactive ketones (excluding diaryl/α,β-unsaturated/α-hetero) is 1. The van der Waals surface area contributed by atoms with Crippen LogP contribution in [-0.4, -0.2) is 28.3 Å². The van der Waals surface area contributed by atoms with E-state index >= 15 is 0 Å². The van der Waals surface area contributed by atoms with Crippen LogP contribution in [0.2, 0.25) is 5.02 Å². The van der Waals surface area contributed by atoms with Crippen LogP contribution in [0, 0.1) is 0 Å². The molecule has 0 saturated heterocycles. The summed E-state index contributed by atoms with van der Waals surface area (Å²) in [5.74, 6) is 2.09. The maximum Gasteiger partial charge on any atom is 0.277 e. The lowest BCUT2D eigenvalue weighted by atomic mass is 10.1. The van der Waals surface area contributed by atoms with Crippen molar-refractivity contribution in [3.05, 3.63) is 64.5 Å². The van der Waals surface area contributed by atoms with E-state index in [9.17, 15) is 4.79 Å². The van der Waals surface area contributed by atoms with Gasteiger partial charge in [0.25, 0.3) is 11.1 Å². The molecule has 3 aromatic rings. The van der Waals surface area contributed by atoms with E-state index in [4.69, 9.17) is 25.5 Å². The van der Waals surface area contributed by atoms with Gasteiger partial charge in [-0.2, -0.15) is 0 Å². The number of halogens is 1. The molecule has 1 aliphatic heterocycles. The molecule has 0 N–H and O–H groups in total. The van der Waals surface area contributed by atoms with E-state index in [1.54, 1.807) is 30.3 Å². The minimum Gasteiger partial charge on any atom is -0.493 e. The third kappa shape index (κ3) is 4.43. The van der Waals surface area contributed by atoms with Crippen LogP contribution in [0.1, 0.15) is 21.8 Å². The first-order chi connectivity index (χ1) is 13.2. The predicted molar refractivity (Wildman–Crippen MR) is 101 cm³/mol. The molecule has 8 heteroatoms. The van der Waals surface area contributed by atoms with Crippen molar-refractivity contribution in [1.82, 2.24) is 10.2 Å². The molecule has 0 radical (unpaired) electrons. The van der Waals surface area contributed by atoms with E-state index in [1.165, 1.54) is 11.8 Å². The molecule has 0 aliphatic carbocycles. The molecule has 1 aliphatic rings. The molecule has 0 atom stereocenters. The molecule has 0 amide bonds. The summed E-state index contributed by atoms with van der Waals surface area (Å²) in [4.78, 5) is 12.4. The number of hydrogen-bond acceptors (Lipinski definition) is 7. The van der Waals surface area contributed by atoms with E-state index in [1.807, 2.05) is 12.1 Å². The largest absolute Gasteiger partial charge is 0.493 e. The minimum absolute atomic E-state index is 0.00636. The molecular weight excluding hydrogens is 388 g/mol. The molecule has 2 aromatic carbocycles. The van der Waals surface area contributed by atoms with Gasteiger partial charge in [-0.3, -0.25) is 4.79 Å². The average Bonchev–Trinajstić information content (AvgIpc) is 3.34. The maximum absolute atomic E-state index is 12.4. The molecule has 0 bridgehead atoms. The fourth-order valence-electron chi connectivity index (χ4n) is 2.60. The van der Waals surface area contributed by atoms with Crippen LogP contribution in [0.5, 0.6) is 11.5 Å². The van der Waals surface area contributed by atoms with E-state index in [0.717, 1.165) is 17.7 Å². The van der Waals surface area contributed by atoms with Crippen molar-refractivity contribution in [1.29, 1.82) is 0 Å². The molecular formula is C19H15ClN2O4S. The molecule has 1 aromatic heterocycles. The highest BCUT2D eigenvalue weighted by Crippen LogP contribution is 2.27. The molecule has 27 heavy (non-hydrogen) atoms. The Hall–Kier alpha value is -2.51. The van der Waals surface area contributed by atoms with Crippen molar-refractivity contribution >= 4 is 29.1 Å². The van der Waals surface area contributed by atoms with E-state index in [2.05, 4.69) is 10.2 Å². The van der Waals surface area contributed by atoms with E-state index in [-0.39, 0.29) is 18.1 Å². The van der Waals surface area contributed by atoms with Gasteiger partial charge in [0.05, 0.1) is 12.4 Å². The lowest BCUT2D eigenvalue weighted by molar-refractivity contribution is 0.102. The van der Waals surface area contributed by atoms with Crippen LogP contribution in [-0.2, 0) is 13.0 Å². The van der Waals surface area contributed by atoms with Gasteiger partial charge < -0.3 is 13.9 Å². The summed E-state index contributed by atoms with van der Waals surface area (Å²) in [6.45, 7) is 0.818. The van der Waals surface area contributed by atoms with Crippen LogP contribution in [0.25, 0.3) is 0 Å². The highest BCUT2D eigenvalue weighted by molar-refractivity contribution is 7.99. The molecule has 4 rings (SSSR count). The zero-order chi connectivity index (χ0) is 18.6. The zero-order valence-corrected chi connectivity index (χ0v) is 15.8. The number of carbonyl (C=O) groups is 1. The number of ether oxygens (including phenoxy) is 2. The third-order valence-electron chi connectivity index (χ3n) is 3.96. The molecule has 138 valence electrons. The Labute approximate surface area is 164 Å². The Morgan fingerprint density at radius 2 is 2.04 bits per heavy atom. The average molecular weight is 403 g/mol. The number of fused-ring (bicyclic) bond motifs is 1. The van der Waals surface area contributed by atoms with Gasteiger partial charge in [-0.1, -0.05) is 23.4 Å². The van der Waals surface area contributed by atoms with Gasteiger partial charge in [0.2, 0.25) is 0 Å². The fourth-order valence-corrected chi connectivity index (χ4v) is 3.40. The van der Waals surface area contributed by atoms with Crippen molar-refractivity contribution in [2.24, 2.45) is 0 Å². The lowest BCUT2D eigenvalue weighted by Gasteiger charge is -2.03. The number of rotatable bonds is 7. The van der Waals surface area contributed by atoms with Gasteiger partial charge in [-0.05, 0) is 48.0 Å². The van der Waals surface area contributed by atoms with Crippen LogP contribution >= 0.6 is 23.4 Å². The second kappa shape index (κ2) is 8.02. The summed E-state index contributed by atoms with van der Waals surface area (Å²) in [5.41, 5.74) is 1.74. The van der Waals surface area contributed by atoms with Crippen molar-refractivity contribution < 1.29 is 18.7 Å². The molecule has 0 saturated carbocycles. The standard InChI is InChI=1S/C19H15ClN2O4S/c20-14-2-4-15(5-3-14)25-10-18-21-22-19(26-18)27-11-16(23)12-1-6-17-13(9-12)7-8-24-17/h1-6,9H,7-8,10-11H2. The Kier molecular flexibility index (Phi) is 5.31. The smallest absolute Gasteiger partial charge is 0.277 e. The number of hydrogen-bond donors (Lipinski definition) is 0. The monoisotopic (exact) mass is 402 g/mol. The van der Waals surface area contributed by atoms with Crippen molar-refractivity contribution in [2.75, 3.05) is 12.4 Å². The third-order valence-corrected chi connectivity index (χ3v) is 5.03. The van der Waals surface area contributed by atoms with Gasteiger partial charge in [-0.15, -0.1) is 10.2 Å². The predicted octanol–water partition coefficient (Wildman–Crippen LogP) is 4.21. The second-order valence-electron chi connectivity index (χ2n) is 5.84. The Morgan fingerprint density at radius 1 is 1.19 bits per heavy atom. The summed E-state index contributed by atoms with van der Waals surface area (Å²) >= 11 is 7.04. The normalized spacial score (nSPS) is 12.5.